The topological polar surface area (TPSA) is 41.9 Å². The summed E-state index contributed by atoms with van der Waals surface area (Å²) in [6.07, 6.45) is 4.66. The van der Waals surface area contributed by atoms with Crippen LogP contribution in [0.15, 0.2) is 24.3 Å². The van der Waals surface area contributed by atoms with Gasteiger partial charge in [0, 0.05) is 26.1 Å². The number of hydrogen-bond acceptors (Lipinski definition) is 4. The molecule has 1 spiro atoms. The van der Waals surface area contributed by atoms with E-state index in [9.17, 15) is 5.11 Å². The predicted molar refractivity (Wildman–Crippen MR) is 90.6 cm³/mol. The molecule has 1 N–H and O–H groups in total. The van der Waals surface area contributed by atoms with E-state index in [1.807, 2.05) is 12.1 Å². The van der Waals surface area contributed by atoms with Crippen LogP contribution in [0.1, 0.15) is 44.6 Å². The number of aliphatic hydroxyl groups excluding tert-OH is 1. The molecule has 0 radical (unpaired) electrons. The maximum Gasteiger partial charge on any atom is 0.119 e. The van der Waals surface area contributed by atoms with Gasteiger partial charge in [-0.25, -0.2) is 0 Å². The Morgan fingerprint density at radius 2 is 2.13 bits per heavy atom. The van der Waals surface area contributed by atoms with Crippen LogP contribution in [-0.4, -0.2) is 48.0 Å². The molecule has 4 nitrogen and oxygen atoms in total. The Morgan fingerprint density at radius 3 is 2.83 bits per heavy atom. The van der Waals surface area contributed by atoms with Crippen molar-refractivity contribution in [3.05, 3.63) is 29.8 Å². The molecule has 0 unspecified atom stereocenters. The number of ether oxygens (including phenoxy) is 2. The van der Waals surface area contributed by atoms with E-state index < -0.39 is 0 Å². The maximum absolute atomic E-state index is 10.2. The molecule has 2 aliphatic heterocycles. The number of benzene rings is 1. The third-order valence-corrected chi connectivity index (χ3v) is 5.32. The van der Waals surface area contributed by atoms with E-state index in [1.165, 1.54) is 5.56 Å². The number of piperidine rings is 1. The summed E-state index contributed by atoms with van der Waals surface area (Å²) in [6, 6.07) is 8.29. The molecule has 0 amide bonds. The van der Waals surface area contributed by atoms with Crippen molar-refractivity contribution in [2.75, 3.05) is 20.2 Å². The summed E-state index contributed by atoms with van der Waals surface area (Å²) in [5, 5.41) is 10.2. The van der Waals surface area contributed by atoms with Gasteiger partial charge in [0.05, 0.1) is 24.9 Å². The second-order valence-electron chi connectivity index (χ2n) is 7.05. The molecule has 2 aliphatic rings. The van der Waals surface area contributed by atoms with E-state index in [4.69, 9.17) is 9.47 Å². The van der Waals surface area contributed by atoms with E-state index in [2.05, 4.69) is 24.0 Å². The summed E-state index contributed by atoms with van der Waals surface area (Å²) in [4.78, 5) is 2.48. The first-order valence-electron chi connectivity index (χ1n) is 8.83. The molecule has 2 saturated heterocycles. The maximum atomic E-state index is 10.2. The Kier molecular flexibility index (Phi) is 5.24. The van der Waals surface area contributed by atoms with Crippen LogP contribution >= 0.6 is 0 Å². The van der Waals surface area contributed by atoms with Crippen LogP contribution in [0.3, 0.4) is 0 Å². The van der Waals surface area contributed by atoms with Crippen LogP contribution in [0, 0.1) is 0 Å². The second-order valence-corrected chi connectivity index (χ2v) is 7.05. The fraction of sp³-hybridized carbons (Fsp3) is 0.684. The molecule has 1 aromatic carbocycles. The van der Waals surface area contributed by atoms with Crippen LogP contribution in [-0.2, 0) is 11.3 Å². The van der Waals surface area contributed by atoms with Crippen LogP contribution in [0.4, 0.5) is 0 Å². The molecule has 0 saturated carbocycles. The summed E-state index contributed by atoms with van der Waals surface area (Å²) < 4.78 is 11.7. The zero-order valence-electron chi connectivity index (χ0n) is 14.3. The van der Waals surface area contributed by atoms with E-state index in [0.29, 0.717) is 0 Å². The molecule has 1 aromatic rings. The van der Waals surface area contributed by atoms with Crippen LogP contribution in [0.2, 0.25) is 0 Å². The predicted octanol–water partition coefficient (Wildman–Crippen LogP) is 2.98. The summed E-state index contributed by atoms with van der Waals surface area (Å²) in [6.45, 7) is 5.15. The number of nitrogens with zero attached hydrogens (tertiary/aromatic N) is 1. The fourth-order valence-corrected chi connectivity index (χ4v) is 3.99. The number of hydrogen-bond donors (Lipinski definition) is 1. The number of aliphatic hydroxyl groups is 1. The number of rotatable bonds is 4. The Morgan fingerprint density at radius 1 is 1.35 bits per heavy atom. The highest BCUT2D eigenvalue weighted by Gasteiger charge is 2.42. The molecule has 0 bridgehead atoms. The van der Waals surface area contributed by atoms with Gasteiger partial charge in [-0.15, -0.1) is 0 Å². The third-order valence-electron chi connectivity index (χ3n) is 5.32. The second kappa shape index (κ2) is 7.20. The minimum Gasteiger partial charge on any atom is -0.497 e. The zero-order valence-corrected chi connectivity index (χ0v) is 14.3. The molecule has 2 atom stereocenters. The van der Waals surface area contributed by atoms with Gasteiger partial charge in [-0.05, 0) is 43.4 Å². The first kappa shape index (κ1) is 16.7. The summed E-state index contributed by atoms with van der Waals surface area (Å²) in [5.41, 5.74) is 1.19. The van der Waals surface area contributed by atoms with Crippen molar-refractivity contribution in [1.29, 1.82) is 0 Å². The fourth-order valence-electron chi connectivity index (χ4n) is 3.99. The standard InChI is InChI=1S/C19H29NO3/c1-3-17-12-16(21)13-19(23-17)7-9-20(10-8-19)14-15-5-4-6-18(11-15)22-2/h4-6,11,16-17,21H,3,7-10,12-14H2,1-2H3/t16-,17+/m1/s1. The van der Waals surface area contributed by atoms with Gasteiger partial charge in [0.15, 0.2) is 0 Å². The third kappa shape index (κ3) is 4.06. The lowest BCUT2D eigenvalue weighted by atomic mass is 9.81. The Labute approximate surface area is 139 Å². The molecule has 2 heterocycles. The Balaban J connectivity index is 1.57. The number of methoxy groups -OCH3 is 1. The minimum absolute atomic E-state index is 0.0940. The van der Waals surface area contributed by atoms with Crippen molar-refractivity contribution in [3.8, 4) is 5.75 Å². The quantitative estimate of drug-likeness (QED) is 0.926. The lowest BCUT2D eigenvalue weighted by Crippen LogP contribution is -2.52. The first-order valence-corrected chi connectivity index (χ1v) is 8.83. The van der Waals surface area contributed by atoms with Crippen molar-refractivity contribution in [3.63, 3.8) is 0 Å². The lowest BCUT2D eigenvalue weighted by molar-refractivity contribution is -0.182. The van der Waals surface area contributed by atoms with E-state index in [1.54, 1.807) is 7.11 Å². The molecule has 2 fully saturated rings. The van der Waals surface area contributed by atoms with Gasteiger partial charge < -0.3 is 14.6 Å². The summed E-state index contributed by atoms with van der Waals surface area (Å²) in [7, 11) is 1.71. The molecular weight excluding hydrogens is 290 g/mol. The minimum atomic E-state index is -0.196. The highest BCUT2D eigenvalue weighted by molar-refractivity contribution is 5.28. The van der Waals surface area contributed by atoms with Crippen molar-refractivity contribution in [2.24, 2.45) is 0 Å². The zero-order chi connectivity index (χ0) is 16.3. The molecule has 23 heavy (non-hydrogen) atoms. The van der Waals surface area contributed by atoms with Crippen molar-refractivity contribution >= 4 is 0 Å². The lowest BCUT2D eigenvalue weighted by Gasteiger charge is -2.48. The molecule has 0 aliphatic carbocycles. The molecular formula is C19H29NO3. The van der Waals surface area contributed by atoms with Crippen LogP contribution in [0.25, 0.3) is 0 Å². The molecule has 0 aromatic heterocycles. The Bertz CT molecular complexity index is 511. The van der Waals surface area contributed by atoms with Gasteiger partial charge in [0.1, 0.15) is 5.75 Å². The normalized spacial score (nSPS) is 28.0. The van der Waals surface area contributed by atoms with Crippen molar-refractivity contribution < 1.29 is 14.6 Å². The highest BCUT2D eigenvalue weighted by Crippen LogP contribution is 2.38. The average molecular weight is 319 g/mol. The monoisotopic (exact) mass is 319 g/mol. The summed E-state index contributed by atoms with van der Waals surface area (Å²) in [5.74, 6) is 0.917. The van der Waals surface area contributed by atoms with E-state index in [-0.39, 0.29) is 17.8 Å². The van der Waals surface area contributed by atoms with Gasteiger partial charge in [0.2, 0.25) is 0 Å². The number of likely N-dealkylation sites (tertiary alicyclic amines) is 1. The van der Waals surface area contributed by atoms with Gasteiger partial charge in [-0.2, -0.15) is 0 Å². The van der Waals surface area contributed by atoms with Crippen LogP contribution in [0.5, 0.6) is 5.75 Å². The van der Waals surface area contributed by atoms with Gasteiger partial charge in [0.25, 0.3) is 0 Å². The van der Waals surface area contributed by atoms with E-state index in [0.717, 1.165) is 57.5 Å². The van der Waals surface area contributed by atoms with Gasteiger partial charge in [-0.1, -0.05) is 19.1 Å². The Hall–Kier alpha value is -1.10. The first-order chi connectivity index (χ1) is 11.1. The van der Waals surface area contributed by atoms with Crippen molar-refractivity contribution in [1.82, 2.24) is 4.90 Å². The van der Waals surface area contributed by atoms with Gasteiger partial charge in [-0.3, -0.25) is 4.90 Å². The molecule has 3 rings (SSSR count). The summed E-state index contributed by atoms with van der Waals surface area (Å²) >= 11 is 0. The van der Waals surface area contributed by atoms with Crippen molar-refractivity contribution in [2.45, 2.75) is 63.4 Å². The highest BCUT2D eigenvalue weighted by atomic mass is 16.5. The van der Waals surface area contributed by atoms with E-state index >= 15 is 0 Å². The van der Waals surface area contributed by atoms with Gasteiger partial charge >= 0.3 is 0 Å². The molecule has 128 valence electrons. The molecule has 4 heteroatoms. The smallest absolute Gasteiger partial charge is 0.119 e. The SMILES string of the molecule is CC[C@H]1C[C@@H](O)CC2(CCN(Cc3cccc(OC)c3)CC2)O1. The van der Waals surface area contributed by atoms with Crippen LogP contribution < -0.4 is 4.74 Å². The largest absolute Gasteiger partial charge is 0.497 e. The average Bonchev–Trinajstić information content (AvgIpc) is 2.57.